The molecule has 1 aliphatic heterocycles. The smallest absolute Gasteiger partial charge is 0.310 e. The minimum atomic E-state index is -0.393. The molecule has 4 atom stereocenters. The molecule has 128 valence electrons. The molecule has 3 aliphatic rings. The van der Waals surface area contributed by atoms with Gasteiger partial charge in [-0.3, -0.25) is 4.79 Å². The van der Waals surface area contributed by atoms with Crippen molar-refractivity contribution in [2.45, 2.75) is 65.4 Å². The van der Waals surface area contributed by atoms with Gasteiger partial charge < -0.3 is 9.84 Å². The number of hydrogen-bond acceptors (Lipinski definition) is 3. The SMILES string of the molecule is C=C1C(C/C=C2\COC(=O)C2)[C@@]2(C)CCCC(C)(C)[C@@H]2C[C@@H]1O. The summed E-state index contributed by atoms with van der Waals surface area (Å²) in [5.74, 6) is 0.690. The van der Waals surface area contributed by atoms with Crippen LogP contribution < -0.4 is 0 Å². The zero-order chi connectivity index (χ0) is 16.8. The average molecular weight is 318 g/mol. The van der Waals surface area contributed by atoms with Crippen LogP contribution in [-0.4, -0.2) is 23.8 Å². The van der Waals surface area contributed by atoms with Crippen molar-refractivity contribution in [2.75, 3.05) is 6.61 Å². The Morgan fingerprint density at radius 2 is 2.09 bits per heavy atom. The highest BCUT2D eigenvalue weighted by Crippen LogP contribution is 2.61. The van der Waals surface area contributed by atoms with Crippen LogP contribution in [0.2, 0.25) is 0 Å². The van der Waals surface area contributed by atoms with Gasteiger partial charge in [-0.1, -0.05) is 39.8 Å². The highest BCUT2D eigenvalue weighted by atomic mass is 16.5. The van der Waals surface area contributed by atoms with E-state index in [0.29, 0.717) is 24.9 Å². The van der Waals surface area contributed by atoms with Gasteiger partial charge in [0.15, 0.2) is 0 Å². The second-order valence-electron chi connectivity index (χ2n) is 8.72. The Morgan fingerprint density at radius 3 is 2.74 bits per heavy atom. The lowest BCUT2D eigenvalue weighted by atomic mass is 9.46. The monoisotopic (exact) mass is 318 g/mol. The van der Waals surface area contributed by atoms with Crippen molar-refractivity contribution in [2.24, 2.45) is 22.7 Å². The standard InChI is InChI=1S/C20H30O3/c1-13-15(7-6-14-10-18(22)23-12-14)20(4)9-5-8-19(2,3)17(20)11-16(13)21/h6,15-17,21H,1,5,7-12H2,2-4H3/b14-6-/t15?,16-,17-,20+/m0/s1. The summed E-state index contributed by atoms with van der Waals surface area (Å²) in [6.07, 6.45) is 7.60. The third-order valence-electron chi connectivity index (χ3n) is 6.84. The van der Waals surface area contributed by atoms with Gasteiger partial charge in [-0.25, -0.2) is 0 Å². The maximum absolute atomic E-state index is 11.3. The van der Waals surface area contributed by atoms with Gasteiger partial charge >= 0.3 is 5.97 Å². The highest BCUT2D eigenvalue weighted by Gasteiger charge is 2.54. The molecule has 1 heterocycles. The number of esters is 1. The van der Waals surface area contributed by atoms with E-state index >= 15 is 0 Å². The fourth-order valence-electron chi connectivity index (χ4n) is 5.50. The van der Waals surface area contributed by atoms with E-state index in [1.807, 2.05) is 0 Å². The van der Waals surface area contributed by atoms with Crippen LogP contribution in [0.4, 0.5) is 0 Å². The number of carbonyl (C=O) groups is 1. The first kappa shape index (κ1) is 16.8. The van der Waals surface area contributed by atoms with Gasteiger partial charge in [0.1, 0.15) is 6.61 Å². The van der Waals surface area contributed by atoms with E-state index in [0.717, 1.165) is 24.0 Å². The van der Waals surface area contributed by atoms with Crippen LogP contribution in [-0.2, 0) is 9.53 Å². The molecule has 0 aromatic carbocycles. The van der Waals surface area contributed by atoms with E-state index in [1.165, 1.54) is 19.3 Å². The van der Waals surface area contributed by atoms with Crippen molar-refractivity contribution in [3.05, 3.63) is 23.8 Å². The summed E-state index contributed by atoms with van der Waals surface area (Å²) < 4.78 is 5.04. The van der Waals surface area contributed by atoms with Gasteiger partial charge in [-0.15, -0.1) is 0 Å². The van der Waals surface area contributed by atoms with E-state index in [4.69, 9.17) is 4.74 Å². The van der Waals surface area contributed by atoms with Crippen molar-refractivity contribution in [1.29, 1.82) is 0 Å². The normalized spacial score (nSPS) is 41.7. The molecule has 1 unspecified atom stereocenters. The molecule has 0 spiro atoms. The minimum Gasteiger partial charge on any atom is -0.461 e. The summed E-state index contributed by atoms with van der Waals surface area (Å²) in [6, 6.07) is 0. The van der Waals surface area contributed by atoms with E-state index < -0.39 is 6.10 Å². The van der Waals surface area contributed by atoms with E-state index in [2.05, 4.69) is 33.4 Å². The van der Waals surface area contributed by atoms with Gasteiger partial charge in [0.2, 0.25) is 0 Å². The molecule has 3 nitrogen and oxygen atoms in total. The van der Waals surface area contributed by atoms with E-state index in [9.17, 15) is 9.90 Å². The maximum Gasteiger partial charge on any atom is 0.310 e. The van der Waals surface area contributed by atoms with Crippen LogP contribution in [0.15, 0.2) is 23.8 Å². The largest absolute Gasteiger partial charge is 0.461 e. The first-order chi connectivity index (χ1) is 10.7. The van der Waals surface area contributed by atoms with Gasteiger partial charge in [0, 0.05) is 0 Å². The number of fused-ring (bicyclic) bond motifs is 1. The fourth-order valence-corrected chi connectivity index (χ4v) is 5.50. The first-order valence-corrected chi connectivity index (χ1v) is 8.94. The van der Waals surface area contributed by atoms with Crippen LogP contribution in [0.25, 0.3) is 0 Å². The first-order valence-electron chi connectivity index (χ1n) is 8.94. The molecule has 0 amide bonds. The Morgan fingerprint density at radius 1 is 1.35 bits per heavy atom. The maximum atomic E-state index is 11.3. The van der Waals surface area contributed by atoms with Crippen molar-refractivity contribution in [1.82, 2.24) is 0 Å². The molecule has 3 rings (SSSR count). The van der Waals surface area contributed by atoms with Gasteiger partial charge in [-0.05, 0) is 59.5 Å². The number of hydrogen-bond donors (Lipinski definition) is 1. The summed E-state index contributed by atoms with van der Waals surface area (Å²) in [7, 11) is 0. The van der Waals surface area contributed by atoms with Crippen molar-refractivity contribution < 1.29 is 14.6 Å². The van der Waals surface area contributed by atoms with E-state index in [-0.39, 0.29) is 16.8 Å². The summed E-state index contributed by atoms with van der Waals surface area (Å²) in [5.41, 5.74) is 2.53. The van der Waals surface area contributed by atoms with Crippen molar-refractivity contribution in [3.63, 3.8) is 0 Å². The number of ether oxygens (including phenoxy) is 1. The third kappa shape index (κ3) is 2.88. The number of carbonyl (C=O) groups excluding carboxylic acids is 1. The zero-order valence-electron chi connectivity index (χ0n) is 14.7. The molecule has 0 aromatic rings. The van der Waals surface area contributed by atoms with Crippen LogP contribution in [0.3, 0.4) is 0 Å². The minimum absolute atomic E-state index is 0.123. The number of aliphatic hydroxyl groups is 1. The third-order valence-corrected chi connectivity index (χ3v) is 6.84. The lowest BCUT2D eigenvalue weighted by Crippen LogP contribution is -2.52. The quantitative estimate of drug-likeness (QED) is 0.618. The van der Waals surface area contributed by atoms with Gasteiger partial charge in [0.05, 0.1) is 12.5 Å². The second kappa shape index (κ2) is 5.77. The Labute approximate surface area is 139 Å². The lowest BCUT2D eigenvalue weighted by Gasteiger charge is -2.59. The second-order valence-corrected chi connectivity index (χ2v) is 8.72. The van der Waals surface area contributed by atoms with Crippen LogP contribution >= 0.6 is 0 Å². The Balaban J connectivity index is 1.86. The number of cyclic esters (lactones) is 1. The van der Waals surface area contributed by atoms with Crippen LogP contribution in [0.1, 0.15) is 59.3 Å². The Kier molecular flexibility index (Phi) is 4.20. The Hall–Kier alpha value is -1.09. The molecule has 3 fully saturated rings. The van der Waals surface area contributed by atoms with Crippen LogP contribution in [0.5, 0.6) is 0 Å². The van der Waals surface area contributed by atoms with Crippen molar-refractivity contribution >= 4 is 5.97 Å². The fraction of sp³-hybridized carbons (Fsp3) is 0.750. The van der Waals surface area contributed by atoms with Crippen LogP contribution in [0, 0.1) is 22.7 Å². The van der Waals surface area contributed by atoms with E-state index in [1.54, 1.807) is 0 Å². The van der Waals surface area contributed by atoms with Crippen molar-refractivity contribution in [3.8, 4) is 0 Å². The predicted octanol–water partition coefficient (Wildman–Crippen LogP) is 4.02. The molecule has 1 N–H and O–H groups in total. The molecule has 2 saturated carbocycles. The molecule has 23 heavy (non-hydrogen) atoms. The molecule has 0 aromatic heterocycles. The molecule has 0 radical (unpaired) electrons. The number of allylic oxidation sites excluding steroid dienone is 1. The topological polar surface area (TPSA) is 46.5 Å². The summed E-state index contributed by atoms with van der Waals surface area (Å²) in [6.45, 7) is 11.8. The highest BCUT2D eigenvalue weighted by molar-refractivity contribution is 5.75. The molecule has 2 aliphatic carbocycles. The van der Waals surface area contributed by atoms with Gasteiger partial charge in [-0.2, -0.15) is 0 Å². The Bertz CT molecular complexity index is 545. The summed E-state index contributed by atoms with van der Waals surface area (Å²) in [5, 5.41) is 10.6. The molecular formula is C20H30O3. The molecule has 1 saturated heterocycles. The molecular weight excluding hydrogens is 288 g/mol. The number of aliphatic hydroxyl groups excluding tert-OH is 1. The summed E-state index contributed by atoms with van der Waals surface area (Å²) in [4.78, 5) is 11.3. The zero-order valence-corrected chi connectivity index (χ0v) is 14.7. The summed E-state index contributed by atoms with van der Waals surface area (Å²) >= 11 is 0. The lowest BCUT2D eigenvalue weighted by molar-refractivity contribution is -0.137. The molecule has 3 heteroatoms. The van der Waals surface area contributed by atoms with Gasteiger partial charge in [0.25, 0.3) is 0 Å². The average Bonchev–Trinajstić information content (AvgIpc) is 2.87. The molecule has 0 bridgehead atoms. The predicted molar refractivity (Wildman–Crippen MR) is 90.8 cm³/mol. The number of rotatable bonds is 2.